The number of nitrogens with two attached hydrogens (primary N) is 1. The van der Waals surface area contributed by atoms with Crippen LogP contribution in [-0.4, -0.2) is 57.8 Å². The van der Waals surface area contributed by atoms with Crippen molar-refractivity contribution in [3.63, 3.8) is 0 Å². The summed E-state index contributed by atoms with van der Waals surface area (Å²) in [5.41, 5.74) is 7.67. The van der Waals surface area contributed by atoms with Crippen LogP contribution in [0.4, 0.5) is 10.7 Å². The number of halogens is 1. The number of rotatable bonds is 5. The lowest BCUT2D eigenvalue weighted by atomic mass is 9.89. The molecule has 10 nitrogen and oxygen atoms in total. The molecular weight excluding hydrogens is 530 g/mol. The maximum Gasteiger partial charge on any atom is 0.411 e. The van der Waals surface area contributed by atoms with Crippen molar-refractivity contribution in [1.29, 1.82) is 5.41 Å². The van der Waals surface area contributed by atoms with Crippen LogP contribution in [0.15, 0.2) is 24.3 Å². The Morgan fingerprint density at radius 1 is 1.15 bits per heavy atom. The molecule has 5 rings (SSSR count). The van der Waals surface area contributed by atoms with E-state index >= 15 is 0 Å². The van der Waals surface area contributed by atoms with E-state index in [-0.39, 0.29) is 5.82 Å². The first-order valence-corrected chi connectivity index (χ1v) is 14.1. The molecule has 2 aromatic heterocycles. The maximum atomic E-state index is 11.3. The van der Waals surface area contributed by atoms with Gasteiger partial charge in [-0.15, -0.1) is 12.8 Å². The number of benzene rings is 1. The first-order chi connectivity index (χ1) is 19.4. The molecule has 1 amide bonds. The van der Waals surface area contributed by atoms with Crippen molar-refractivity contribution < 1.29 is 14.3 Å². The van der Waals surface area contributed by atoms with E-state index in [0.717, 1.165) is 36.7 Å². The predicted octanol–water partition coefficient (Wildman–Crippen LogP) is 5.65. The molecule has 0 unspecified atom stereocenters. The molecule has 40 heavy (non-hydrogen) atoms. The zero-order valence-electron chi connectivity index (χ0n) is 23.2. The molecule has 1 aromatic carbocycles. The Balaban J connectivity index is 0.000000827. The van der Waals surface area contributed by atoms with Crippen molar-refractivity contribution in [3.05, 3.63) is 35.1 Å². The lowest BCUT2D eigenvalue weighted by molar-refractivity contribution is 0.121. The molecule has 2 fully saturated rings. The minimum absolute atomic E-state index is 0.0675. The van der Waals surface area contributed by atoms with E-state index in [0.29, 0.717) is 35.5 Å². The van der Waals surface area contributed by atoms with E-state index < -0.39 is 12.0 Å². The predicted molar refractivity (Wildman–Crippen MR) is 159 cm³/mol. The summed E-state index contributed by atoms with van der Waals surface area (Å²) in [5.74, 6) is 0.745. The third-order valence-electron chi connectivity index (χ3n) is 6.55. The number of amides is 1. The number of carbonyl (C=O) groups excluding carboxylic acids is 1. The molecular formula is C29H38ClN7O3. The molecule has 1 saturated carbocycles. The van der Waals surface area contributed by atoms with Gasteiger partial charge in [0, 0.05) is 30.2 Å². The van der Waals surface area contributed by atoms with Crippen molar-refractivity contribution in [2.75, 3.05) is 31.2 Å². The molecule has 0 spiro atoms. The molecule has 214 valence electrons. The van der Waals surface area contributed by atoms with Gasteiger partial charge in [0.15, 0.2) is 5.65 Å². The quantitative estimate of drug-likeness (QED) is 0.231. The average Bonchev–Trinajstić information content (AvgIpc) is 3.33. The summed E-state index contributed by atoms with van der Waals surface area (Å²) >= 11 is 6.32. The first-order valence-electron chi connectivity index (χ1n) is 13.7. The molecule has 11 heteroatoms. The number of morpholine rings is 1. The summed E-state index contributed by atoms with van der Waals surface area (Å²) in [4.78, 5) is 27.6. The van der Waals surface area contributed by atoms with Crippen molar-refractivity contribution in [1.82, 2.24) is 19.5 Å². The molecule has 1 aliphatic heterocycles. The second kappa shape index (κ2) is 15.2. The first kappa shape index (κ1) is 30.9. The number of terminal acetylenes is 1. The fraction of sp³-hybridized carbons (Fsp3) is 0.483. The van der Waals surface area contributed by atoms with Gasteiger partial charge < -0.3 is 24.7 Å². The Hall–Kier alpha value is -3.68. The molecule has 3 N–H and O–H groups in total. The van der Waals surface area contributed by atoms with E-state index in [1.165, 1.54) is 38.5 Å². The SMILES string of the molecule is C#C.CCC.N=C(OC(N)=O)c1nc(-c2cccc(Cl)c2)c2c(n1)nc(N1CCOCC1)n2CC1CCCCC1. The zero-order chi connectivity index (χ0) is 29.1. The van der Waals surface area contributed by atoms with E-state index in [1.54, 1.807) is 6.07 Å². The number of carbonyl (C=O) groups is 1. The molecule has 3 heterocycles. The monoisotopic (exact) mass is 567 g/mol. The Morgan fingerprint density at radius 2 is 1.82 bits per heavy atom. The average molecular weight is 568 g/mol. The van der Waals surface area contributed by atoms with Crippen molar-refractivity contribution in [2.45, 2.75) is 58.9 Å². The number of nitrogens with one attached hydrogen (secondary N) is 1. The van der Waals surface area contributed by atoms with E-state index in [4.69, 9.17) is 37.2 Å². The fourth-order valence-corrected chi connectivity index (χ4v) is 5.11. The fourth-order valence-electron chi connectivity index (χ4n) is 4.92. The van der Waals surface area contributed by atoms with E-state index in [2.05, 4.69) is 46.1 Å². The number of hydrogen-bond acceptors (Lipinski definition) is 8. The van der Waals surface area contributed by atoms with Gasteiger partial charge in [-0.05, 0) is 30.9 Å². The lowest BCUT2D eigenvalue weighted by Crippen LogP contribution is -2.38. The zero-order valence-corrected chi connectivity index (χ0v) is 24.0. The number of ether oxygens (including phenoxy) is 2. The van der Waals surface area contributed by atoms with Crippen LogP contribution >= 0.6 is 11.6 Å². The summed E-state index contributed by atoms with van der Waals surface area (Å²) in [7, 11) is 0. The van der Waals surface area contributed by atoms with Gasteiger partial charge in [0.2, 0.25) is 11.8 Å². The largest absolute Gasteiger partial charge is 0.411 e. The summed E-state index contributed by atoms with van der Waals surface area (Å²) in [6, 6.07) is 7.36. The Bertz CT molecular complexity index is 1310. The van der Waals surface area contributed by atoms with Gasteiger partial charge in [-0.2, -0.15) is 4.98 Å². The van der Waals surface area contributed by atoms with Crippen molar-refractivity contribution in [2.24, 2.45) is 11.7 Å². The van der Waals surface area contributed by atoms with Crippen LogP contribution in [0.1, 0.15) is 58.2 Å². The minimum Gasteiger partial charge on any atom is -0.388 e. The van der Waals surface area contributed by atoms with E-state index in [1.807, 2.05) is 18.2 Å². The number of anilines is 1. The summed E-state index contributed by atoms with van der Waals surface area (Å²) in [5, 5.41) is 8.72. The number of imidazole rings is 1. The second-order valence-electron chi connectivity index (χ2n) is 9.66. The summed E-state index contributed by atoms with van der Waals surface area (Å²) in [6.45, 7) is 7.75. The van der Waals surface area contributed by atoms with Crippen molar-refractivity contribution in [3.8, 4) is 24.1 Å². The van der Waals surface area contributed by atoms with Gasteiger partial charge in [-0.25, -0.2) is 14.8 Å². The summed E-state index contributed by atoms with van der Waals surface area (Å²) in [6.07, 6.45) is 14.2. The Kier molecular flexibility index (Phi) is 11.7. The van der Waals surface area contributed by atoms with Crippen LogP contribution in [0.5, 0.6) is 0 Å². The number of hydrogen-bond donors (Lipinski definition) is 2. The highest BCUT2D eigenvalue weighted by Crippen LogP contribution is 2.34. The van der Waals surface area contributed by atoms with Crippen LogP contribution in [0.3, 0.4) is 0 Å². The van der Waals surface area contributed by atoms with Gasteiger partial charge in [-0.1, -0.05) is 63.3 Å². The molecule has 0 bridgehead atoms. The van der Waals surface area contributed by atoms with Gasteiger partial charge in [0.1, 0.15) is 11.2 Å². The highest BCUT2D eigenvalue weighted by atomic mass is 35.5. The second-order valence-corrected chi connectivity index (χ2v) is 10.1. The van der Waals surface area contributed by atoms with Crippen LogP contribution in [0.25, 0.3) is 22.4 Å². The van der Waals surface area contributed by atoms with E-state index in [9.17, 15) is 4.79 Å². The number of nitrogens with zero attached hydrogens (tertiary/aromatic N) is 5. The number of fused-ring (bicyclic) bond motifs is 1. The molecule has 1 saturated heterocycles. The maximum absolute atomic E-state index is 11.3. The van der Waals surface area contributed by atoms with Crippen LogP contribution in [0, 0.1) is 24.2 Å². The molecule has 0 radical (unpaired) electrons. The lowest BCUT2D eigenvalue weighted by Gasteiger charge is -2.30. The highest BCUT2D eigenvalue weighted by molar-refractivity contribution is 6.30. The normalized spacial score (nSPS) is 15.4. The molecule has 3 aromatic rings. The molecule has 1 aliphatic carbocycles. The van der Waals surface area contributed by atoms with Gasteiger partial charge >= 0.3 is 6.09 Å². The smallest absolute Gasteiger partial charge is 0.388 e. The third kappa shape index (κ3) is 7.71. The molecule has 0 atom stereocenters. The summed E-state index contributed by atoms with van der Waals surface area (Å²) < 4.78 is 12.6. The van der Waals surface area contributed by atoms with Gasteiger partial charge in [0.25, 0.3) is 5.90 Å². The minimum atomic E-state index is -1.10. The topological polar surface area (TPSA) is 132 Å². The highest BCUT2D eigenvalue weighted by Gasteiger charge is 2.27. The van der Waals surface area contributed by atoms with Crippen LogP contribution in [0.2, 0.25) is 5.02 Å². The van der Waals surface area contributed by atoms with Crippen LogP contribution < -0.4 is 10.6 Å². The van der Waals surface area contributed by atoms with Crippen LogP contribution in [-0.2, 0) is 16.0 Å². The Labute approximate surface area is 240 Å². The number of primary amides is 1. The van der Waals surface area contributed by atoms with Gasteiger partial charge in [-0.3, -0.25) is 5.41 Å². The Morgan fingerprint density at radius 3 is 2.45 bits per heavy atom. The molecule has 2 aliphatic rings. The standard InChI is InChI=1S/C24H28ClN7O3.C3H8.C2H2/c25-17-8-4-7-16(13-17)18-19-21(29-22(28-18)20(26)35-23(27)33)30-24(31-9-11-34-12-10-31)32(19)14-15-5-2-1-3-6-15;1-3-2;1-2/h4,7-8,13,15,26H,1-3,5-6,9-12,14H2,(H2,27,33);3H2,1-2H3;1-2H. The van der Waals surface area contributed by atoms with Gasteiger partial charge in [0.05, 0.1) is 13.2 Å². The van der Waals surface area contributed by atoms with Crippen molar-refractivity contribution >= 4 is 40.7 Å². The third-order valence-corrected chi connectivity index (χ3v) is 6.78. The number of aromatic nitrogens is 4.